The van der Waals surface area contributed by atoms with E-state index in [0.717, 1.165) is 12.8 Å². The van der Waals surface area contributed by atoms with Crippen molar-refractivity contribution >= 4 is 12.4 Å². The van der Waals surface area contributed by atoms with Gasteiger partial charge in [0.2, 0.25) is 0 Å². The summed E-state index contributed by atoms with van der Waals surface area (Å²) in [5.41, 5.74) is 1.39. The summed E-state index contributed by atoms with van der Waals surface area (Å²) in [6.45, 7) is 4.14. The number of carbonyl (C=O) groups excluding carboxylic acids is 2. The molecule has 1 saturated heterocycles. The van der Waals surface area contributed by atoms with Gasteiger partial charge in [-0.2, -0.15) is 0 Å². The van der Waals surface area contributed by atoms with Crippen molar-refractivity contribution in [1.82, 2.24) is 0 Å². The Morgan fingerprint density at radius 2 is 2.07 bits per heavy atom. The predicted octanol–water partition coefficient (Wildman–Crippen LogP) is 3.80. The fourth-order valence-corrected chi connectivity index (χ4v) is 9.13. The van der Waals surface area contributed by atoms with E-state index >= 15 is 0 Å². The van der Waals surface area contributed by atoms with Gasteiger partial charge in [0.1, 0.15) is 12.2 Å². The smallest absolute Gasteiger partial charge is 0.331 e. The average molecular weight is 401 g/mol. The third-order valence-electron chi connectivity index (χ3n) is 10.3. The quantitative estimate of drug-likeness (QED) is 0.408. The van der Waals surface area contributed by atoms with Crippen LogP contribution in [0.1, 0.15) is 64.7 Å². The minimum atomic E-state index is -0.180. The molecule has 0 aromatic rings. The molecule has 0 amide bonds. The number of ether oxygens (including phenoxy) is 3. The van der Waals surface area contributed by atoms with Gasteiger partial charge in [-0.1, -0.05) is 19.8 Å². The minimum Gasteiger partial charge on any atom is -0.467 e. The summed E-state index contributed by atoms with van der Waals surface area (Å²) in [7, 11) is 0. The third kappa shape index (κ3) is 2.21. The summed E-state index contributed by atoms with van der Waals surface area (Å²) < 4.78 is 17.4. The van der Waals surface area contributed by atoms with Gasteiger partial charge >= 0.3 is 5.97 Å². The molecule has 0 bridgehead atoms. The van der Waals surface area contributed by atoms with E-state index in [1.54, 1.807) is 6.08 Å². The standard InChI is InChI=1S/C24H32O5/c1-22-9-7-17-18(6-5-16-4-2-3-8-23(16,17)13-27-14-25)24(22)20(29-24)11-19(22)15-10-21(26)28-12-15/h10,14,16-20H,2-9,11-13H2,1H3/t16-,17+,18-,19-,20-,22-,23-,24-/m1/s1. The summed E-state index contributed by atoms with van der Waals surface area (Å²) >= 11 is 0. The fraction of sp³-hybridized carbons (Fsp3) is 0.833. The van der Waals surface area contributed by atoms with E-state index in [0.29, 0.717) is 49.5 Å². The molecule has 0 aromatic carbocycles. The highest BCUT2D eigenvalue weighted by Crippen LogP contribution is 2.77. The first-order valence-electron chi connectivity index (χ1n) is 11.7. The van der Waals surface area contributed by atoms with Gasteiger partial charge in [-0.25, -0.2) is 4.79 Å². The Bertz CT molecular complexity index is 775. The zero-order chi connectivity index (χ0) is 19.9. The highest BCUT2D eigenvalue weighted by atomic mass is 16.6. The number of esters is 1. The number of carbonyl (C=O) groups is 2. The SMILES string of the molecule is C[C@]12CC[C@H]3[C@@H](CC[C@H]4CCCC[C@@]43COC=O)[C@]13O[C@@H]3C[C@@H]2C1=CC(=O)OC1. The van der Waals surface area contributed by atoms with Crippen LogP contribution in [-0.2, 0) is 23.8 Å². The van der Waals surface area contributed by atoms with Crippen molar-refractivity contribution in [2.75, 3.05) is 13.2 Å². The lowest BCUT2D eigenvalue weighted by Gasteiger charge is -2.61. The molecule has 2 heterocycles. The zero-order valence-electron chi connectivity index (χ0n) is 17.4. The van der Waals surface area contributed by atoms with E-state index in [2.05, 4.69) is 6.92 Å². The maximum Gasteiger partial charge on any atom is 0.331 e. The Kier molecular flexibility index (Phi) is 3.86. The highest BCUT2D eigenvalue weighted by molar-refractivity contribution is 5.85. The summed E-state index contributed by atoms with van der Waals surface area (Å²) in [6.07, 6.45) is 13.0. The zero-order valence-corrected chi connectivity index (χ0v) is 17.4. The number of epoxide rings is 1. The van der Waals surface area contributed by atoms with Crippen molar-refractivity contribution in [3.8, 4) is 0 Å². The Morgan fingerprint density at radius 3 is 2.86 bits per heavy atom. The topological polar surface area (TPSA) is 65.1 Å². The number of hydrogen-bond donors (Lipinski definition) is 0. The monoisotopic (exact) mass is 400 g/mol. The van der Waals surface area contributed by atoms with Gasteiger partial charge in [-0.15, -0.1) is 0 Å². The Hall–Kier alpha value is -1.36. The molecule has 1 spiro atoms. The lowest BCUT2D eigenvalue weighted by molar-refractivity contribution is -0.166. The van der Waals surface area contributed by atoms with E-state index < -0.39 is 0 Å². The predicted molar refractivity (Wildman–Crippen MR) is 105 cm³/mol. The van der Waals surface area contributed by atoms with Gasteiger partial charge in [0, 0.05) is 16.9 Å². The second-order valence-corrected chi connectivity index (χ2v) is 10.8. The van der Waals surface area contributed by atoms with E-state index in [4.69, 9.17) is 14.2 Å². The van der Waals surface area contributed by atoms with Crippen LogP contribution in [0.25, 0.3) is 0 Å². The maximum atomic E-state index is 11.7. The molecule has 6 aliphatic rings. The molecule has 6 rings (SSSR count). The van der Waals surface area contributed by atoms with Crippen molar-refractivity contribution in [3.05, 3.63) is 11.6 Å². The van der Waals surface area contributed by atoms with Crippen LogP contribution in [0.3, 0.4) is 0 Å². The van der Waals surface area contributed by atoms with Crippen molar-refractivity contribution in [3.63, 3.8) is 0 Å². The minimum absolute atomic E-state index is 0.0380. The van der Waals surface area contributed by atoms with Crippen molar-refractivity contribution in [1.29, 1.82) is 0 Å². The molecule has 158 valence electrons. The molecule has 0 N–H and O–H groups in total. The van der Waals surface area contributed by atoms with Crippen molar-refractivity contribution in [2.24, 2.45) is 34.5 Å². The molecule has 4 saturated carbocycles. The van der Waals surface area contributed by atoms with E-state index in [1.807, 2.05) is 0 Å². The largest absolute Gasteiger partial charge is 0.467 e. The summed E-state index contributed by atoms with van der Waals surface area (Å²) in [6, 6.07) is 0. The van der Waals surface area contributed by atoms with Gasteiger partial charge < -0.3 is 14.2 Å². The first kappa shape index (κ1) is 18.4. The van der Waals surface area contributed by atoms with Crippen LogP contribution >= 0.6 is 0 Å². The van der Waals surface area contributed by atoms with E-state index in [9.17, 15) is 9.59 Å². The second-order valence-electron chi connectivity index (χ2n) is 10.8. The van der Waals surface area contributed by atoms with Gasteiger partial charge in [-0.3, -0.25) is 4.79 Å². The van der Waals surface area contributed by atoms with Crippen LogP contribution in [0.5, 0.6) is 0 Å². The second kappa shape index (κ2) is 6.09. The normalized spacial score (nSPS) is 52.4. The van der Waals surface area contributed by atoms with Gasteiger partial charge in [0.25, 0.3) is 6.47 Å². The van der Waals surface area contributed by atoms with Crippen LogP contribution in [0.4, 0.5) is 0 Å². The van der Waals surface area contributed by atoms with E-state index in [-0.39, 0.29) is 22.4 Å². The Labute approximate surface area is 172 Å². The van der Waals surface area contributed by atoms with Crippen LogP contribution in [0.15, 0.2) is 11.6 Å². The maximum absolute atomic E-state index is 11.7. The Morgan fingerprint density at radius 1 is 1.17 bits per heavy atom. The van der Waals surface area contributed by atoms with Crippen LogP contribution in [0, 0.1) is 34.5 Å². The fourth-order valence-electron chi connectivity index (χ4n) is 9.13. The van der Waals surface area contributed by atoms with Gasteiger partial charge in [-0.05, 0) is 74.2 Å². The Balaban J connectivity index is 1.35. The molecule has 0 radical (unpaired) electrons. The van der Waals surface area contributed by atoms with Crippen LogP contribution in [0.2, 0.25) is 0 Å². The molecular weight excluding hydrogens is 368 g/mol. The van der Waals surface area contributed by atoms with Crippen LogP contribution < -0.4 is 0 Å². The van der Waals surface area contributed by atoms with Gasteiger partial charge in [0.15, 0.2) is 0 Å². The molecule has 5 fully saturated rings. The first-order chi connectivity index (χ1) is 14.0. The van der Waals surface area contributed by atoms with Crippen molar-refractivity contribution in [2.45, 2.75) is 76.4 Å². The number of hydrogen-bond acceptors (Lipinski definition) is 5. The molecular formula is C24H32O5. The molecule has 4 aliphatic carbocycles. The molecule has 2 aliphatic heterocycles. The van der Waals surface area contributed by atoms with Crippen molar-refractivity contribution < 1.29 is 23.8 Å². The summed E-state index contributed by atoms with van der Waals surface area (Å²) in [5, 5.41) is 0. The lowest BCUT2D eigenvalue weighted by Crippen LogP contribution is -2.60. The molecule has 29 heavy (non-hydrogen) atoms. The molecule has 8 atom stereocenters. The van der Waals surface area contributed by atoms with E-state index in [1.165, 1.54) is 50.5 Å². The number of cyclic esters (lactones) is 1. The molecule has 5 nitrogen and oxygen atoms in total. The number of fused-ring (bicyclic) bond motifs is 3. The average Bonchev–Trinajstić information content (AvgIpc) is 3.19. The molecule has 0 aromatic heterocycles. The van der Waals surface area contributed by atoms with Gasteiger partial charge in [0.05, 0.1) is 12.7 Å². The first-order valence-corrected chi connectivity index (χ1v) is 11.7. The highest BCUT2D eigenvalue weighted by Gasteiger charge is 2.81. The molecule has 5 heteroatoms. The molecule has 0 unspecified atom stereocenters. The van der Waals surface area contributed by atoms with Crippen LogP contribution in [-0.4, -0.2) is 37.4 Å². The number of rotatable bonds is 4. The summed E-state index contributed by atoms with van der Waals surface area (Å²) in [4.78, 5) is 22.8. The third-order valence-corrected chi connectivity index (χ3v) is 10.3. The lowest BCUT2D eigenvalue weighted by atomic mass is 9.44. The summed E-state index contributed by atoms with van der Waals surface area (Å²) in [5.74, 6) is 2.06.